The van der Waals surface area contributed by atoms with Crippen LogP contribution in [0.1, 0.15) is 34.0 Å². The lowest BCUT2D eigenvalue weighted by atomic mass is 10.1. The van der Waals surface area contributed by atoms with Crippen LogP contribution in [0.5, 0.6) is 0 Å². The highest BCUT2D eigenvalue weighted by molar-refractivity contribution is 5.94. The number of halogens is 1. The van der Waals surface area contributed by atoms with Crippen molar-refractivity contribution in [1.29, 1.82) is 0 Å². The SMILES string of the molecule is CCN(Cc1ccccc1C)C(=O)c1cccc(C)c1F. The summed E-state index contributed by atoms with van der Waals surface area (Å²) in [6.07, 6.45) is 0. The Morgan fingerprint density at radius 3 is 2.38 bits per heavy atom. The van der Waals surface area contributed by atoms with Crippen molar-refractivity contribution < 1.29 is 9.18 Å². The third-order valence-electron chi connectivity index (χ3n) is 3.71. The molecule has 0 N–H and O–H groups in total. The van der Waals surface area contributed by atoms with Crippen molar-refractivity contribution in [3.63, 3.8) is 0 Å². The molecule has 0 spiro atoms. The third-order valence-corrected chi connectivity index (χ3v) is 3.71. The van der Waals surface area contributed by atoms with Crippen molar-refractivity contribution in [2.24, 2.45) is 0 Å². The van der Waals surface area contributed by atoms with E-state index in [0.29, 0.717) is 18.7 Å². The Labute approximate surface area is 125 Å². The number of carbonyl (C=O) groups excluding carboxylic acids is 1. The van der Waals surface area contributed by atoms with Gasteiger partial charge >= 0.3 is 0 Å². The summed E-state index contributed by atoms with van der Waals surface area (Å²) in [4.78, 5) is 14.2. The average Bonchev–Trinajstić information content (AvgIpc) is 2.48. The van der Waals surface area contributed by atoms with Crippen molar-refractivity contribution in [3.05, 3.63) is 70.5 Å². The molecule has 1 amide bonds. The summed E-state index contributed by atoms with van der Waals surface area (Å²) in [5, 5.41) is 0. The maximum Gasteiger partial charge on any atom is 0.257 e. The van der Waals surface area contributed by atoms with Crippen LogP contribution in [0, 0.1) is 19.7 Å². The number of rotatable bonds is 4. The van der Waals surface area contributed by atoms with Gasteiger partial charge in [-0.05, 0) is 43.5 Å². The molecule has 110 valence electrons. The molecule has 0 aliphatic heterocycles. The molecule has 0 aliphatic rings. The van der Waals surface area contributed by atoms with Crippen LogP contribution >= 0.6 is 0 Å². The molecule has 2 aromatic rings. The van der Waals surface area contributed by atoms with Crippen LogP contribution in [0.25, 0.3) is 0 Å². The fraction of sp³-hybridized carbons (Fsp3) is 0.278. The van der Waals surface area contributed by atoms with Gasteiger partial charge in [-0.15, -0.1) is 0 Å². The van der Waals surface area contributed by atoms with Gasteiger partial charge in [0.1, 0.15) is 5.82 Å². The van der Waals surface area contributed by atoms with Gasteiger partial charge < -0.3 is 4.90 Å². The van der Waals surface area contributed by atoms with E-state index in [1.807, 2.05) is 38.1 Å². The lowest BCUT2D eigenvalue weighted by molar-refractivity contribution is 0.0747. The van der Waals surface area contributed by atoms with Crippen molar-refractivity contribution in [1.82, 2.24) is 4.90 Å². The van der Waals surface area contributed by atoms with E-state index in [-0.39, 0.29) is 11.5 Å². The molecule has 0 saturated carbocycles. The summed E-state index contributed by atoms with van der Waals surface area (Å²) in [5.41, 5.74) is 2.85. The number of benzene rings is 2. The van der Waals surface area contributed by atoms with Crippen molar-refractivity contribution >= 4 is 5.91 Å². The number of hydrogen-bond donors (Lipinski definition) is 0. The standard InChI is InChI=1S/C18H20FNO/c1-4-20(12-15-10-6-5-8-13(15)2)18(21)16-11-7-9-14(3)17(16)19/h5-11H,4,12H2,1-3H3. The van der Waals surface area contributed by atoms with E-state index in [1.54, 1.807) is 30.0 Å². The number of carbonyl (C=O) groups is 1. The molecule has 2 nitrogen and oxygen atoms in total. The van der Waals surface area contributed by atoms with E-state index in [4.69, 9.17) is 0 Å². The molecular weight excluding hydrogens is 265 g/mol. The number of hydrogen-bond acceptors (Lipinski definition) is 1. The van der Waals surface area contributed by atoms with Crippen LogP contribution in [0.2, 0.25) is 0 Å². The van der Waals surface area contributed by atoms with Gasteiger partial charge in [0, 0.05) is 13.1 Å². The van der Waals surface area contributed by atoms with Crippen molar-refractivity contribution in [2.75, 3.05) is 6.54 Å². The van der Waals surface area contributed by atoms with Gasteiger partial charge in [0.15, 0.2) is 0 Å². The van der Waals surface area contributed by atoms with E-state index in [2.05, 4.69) is 0 Å². The Bertz CT molecular complexity index is 651. The monoisotopic (exact) mass is 285 g/mol. The Hall–Kier alpha value is -2.16. The smallest absolute Gasteiger partial charge is 0.257 e. The lowest BCUT2D eigenvalue weighted by Crippen LogP contribution is -2.31. The normalized spacial score (nSPS) is 10.5. The maximum absolute atomic E-state index is 14.1. The number of aryl methyl sites for hydroxylation is 2. The maximum atomic E-state index is 14.1. The quantitative estimate of drug-likeness (QED) is 0.828. The van der Waals surface area contributed by atoms with Gasteiger partial charge in [0.25, 0.3) is 5.91 Å². The zero-order valence-electron chi connectivity index (χ0n) is 12.7. The summed E-state index contributed by atoms with van der Waals surface area (Å²) in [6, 6.07) is 12.9. The molecule has 0 saturated heterocycles. The first kappa shape index (κ1) is 15.2. The van der Waals surface area contributed by atoms with Crippen LogP contribution in [-0.4, -0.2) is 17.4 Å². The highest BCUT2D eigenvalue weighted by Gasteiger charge is 2.19. The van der Waals surface area contributed by atoms with Crippen LogP contribution < -0.4 is 0 Å². The predicted molar refractivity (Wildman–Crippen MR) is 82.7 cm³/mol. The number of amides is 1. The lowest BCUT2D eigenvalue weighted by Gasteiger charge is -2.22. The largest absolute Gasteiger partial charge is 0.334 e. The summed E-state index contributed by atoms with van der Waals surface area (Å²) in [5.74, 6) is -0.687. The van der Waals surface area contributed by atoms with E-state index in [0.717, 1.165) is 11.1 Å². The van der Waals surface area contributed by atoms with E-state index in [1.165, 1.54) is 0 Å². The summed E-state index contributed by atoms with van der Waals surface area (Å²) in [7, 11) is 0. The fourth-order valence-electron chi connectivity index (χ4n) is 2.30. The molecule has 3 heteroatoms. The zero-order valence-corrected chi connectivity index (χ0v) is 12.7. The Balaban J connectivity index is 2.27. The molecule has 0 aliphatic carbocycles. The Morgan fingerprint density at radius 1 is 1.05 bits per heavy atom. The van der Waals surface area contributed by atoms with Gasteiger partial charge in [0.2, 0.25) is 0 Å². The van der Waals surface area contributed by atoms with E-state index < -0.39 is 5.82 Å². The second-order valence-corrected chi connectivity index (χ2v) is 5.18. The first-order valence-electron chi connectivity index (χ1n) is 7.13. The fourth-order valence-corrected chi connectivity index (χ4v) is 2.30. The molecule has 0 radical (unpaired) electrons. The molecule has 0 fully saturated rings. The molecule has 2 rings (SSSR count). The molecule has 0 aromatic heterocycles. The highest BCUT2D eigenvalue weighted by Crippen LogP contribution is 2.17. The van der Waals surface area contributed by atoms with Crippen molar-refractivity contribution in [2.45, 2.75) is 27.3 Å². The predicted octanol–water partition coefficient (Wildman–Crippen LogP) is 4.10. The first-order chi connectivity index (χ1) is 10.0. The van der Waals surface area contributed by atoms with Gasteiger partial charge in [-0.1, -0.05) is 36.4 Å². The molecule has 0 unspecified atom stereocenters. The molecule has 0 heterocycles. The van der Waals surface area contributed by atoms with Gasteiger partial charge in [-0.25, -0.2) is 4.39 Å². The second kappa shape index (κ2) is 6.53. The average molecular weight is 285 g/mol. The van der Waals surface area contributed by atoms with Crippen LogP contribution in [0.4, 0.5) is 4.39 Å². The van der Waals surface area contributed by atoms with E-state index in [9.17, 15) is 9.18 Å². The zero-order chi connectivity index (χ0) is 15.4. The minimum atomic E-state index is -0.425. The van der Waals surface area contributed by atoms with Crippen LogP contribution in [0.15, 0.2) is 42.5 Å². The van der Waals surface area contributed by atoms with E-state index >= 15 is 0 Å². The van der Waals surface area contributed by atoms with Crippen LogP contribution in [0.3, 0.4) is 0 Å². The first-order valence-corrected chi connectivity index (χ1v) is 7.13. The van der Waals surface area contributed by atoms with Crippen LogP contribution in [-0.2, 0) is 6.54 Å². The molecule has 0 bridgehead atoms. The molecule has 2 aromatic carbocycles. The summed E-state index contributed by atoms with van der Waals surface area (Å²) in [6.45, 7) is 6.63. The Kier molecular flexibility index (Phi) is 4.73. The highest BCUT2D eigenvalue weighted by atomic mass is 19.1. The topological polar surface area (TPSA) is 20.3 Å². The Morgan fingerprint density at radius 2 is 1.71 bits per heavy atom. The summed E-state index contributed by atoms with van der Waals surface area (Å²) < 4.78 is 14.1. The molecule has 21 heavy (non-hydrogen) atoms. The molecule has 0 atom stereocenters. The van der Waals surface area contributed by atoms with Gasteiger partial charge in [0.05, 0.1) is 5.56 Å². The molecular formula is C18H20FNO. The third kappa shape index (κ3) is 3.30. The number of nitrogens with zero attached hydrogens (tertiary/aromatic N) is 1. The minimum Gasteiger partial charge on any atom is -0.334 e. The summed E-state index contributed by atoms with van der Waals surface area (Å²) >= 11 is 0. The minimum absolute atomic E-state index is 0.144. The second-order valence-electron chi connectivity index (χ2n) is 5.18. The van der Waals surface area contributed by atoms with Gasteiger partial charge in [-0.3, -0.25) is 4.79 Å². The van der Waals surface area contributed by atoms with Gasteiger partial charge in [-0.2, -0.15) is 0 Å². The van der Waals surface area contributed by atoms with Crippen molar-refractivity contribution in [3.8, 4) is 0 Å².